The predicted molar refractivity (Wildman–Crippen MR) is 70.1 cm³/mol. The summed E-state index contributed by atoms with van der Waals surface area (Å²) in [6.07, 6.45) is 3.92. The van der Waals surface area contributed by atoms with Crippen LogP contribution in [0.2, 0.25) is 5.15 Å². The van der Waals surface area contributed by atoms with Gasteiger partial charge in [0.05, 0.1) is 5.69 Å². The number of halogens is 1. The largest absolute Gasteiger partial charge is 0.302 e. The van der Waals surface area contributed by atoms with Crippen LogP contribution in [-0.2, 0) is 4.79 Å². The molecule has 3 heteroatoms. The number of carbonyl (C=O) groups is 1. The molecule has 1 atom stereocenters. The van der Waals surface area contributed by atoms with Crippen LogP contribution in [0, 0.1) is 5.41 Å². The van der Waals surface area contributed by atoms with Crippen LogP contribution >= 0.6 is 11.6 Å². The van der Waals surface area contributed by atoms with Crippen molar-refractivity contribution in [3.63, 3.8) is 0 Å². The van der Waals surface area contributed by atoms with Crippen molar-refractivity contribution in [2.75, 3.05) is 0 Å². The monoisotopic (exact) mass is 249 g/mol. The second kappa shape index (κ2) is 4.26. The van der Waals surface area contributed by atoms with Crippen LogP contribution in [0.25, 0.3) is 6.08 Å². The van der Waals surface area contributed by atoms with Crippen molar-refractivity contribution < 1.29 is 4.79 Å². The molecule has 0 radical (unpaired) electrons. The lowest BCUT2D eigenvalue weighted by atomic mass is 9.75. The number of fused-ring (bicyclic) bond motifs is 1. The molecule has 1 aromatic rings. The Morgan fingerprint density at radius 3 is 2.82 bits per heavy atom. The highest BCUT2D eigenvalue weighted by atomic mass is 35.5. The van der Waals surface area contributed by atoms with Gasteiger partial charge in [-0.2, -0.15) is 0 Å². The minimum Gasteiger partial charge on any atom is -0.302 e. The summed E-state index contributed by atoms with van der Waals surface area (Å²) >= 11 is 5.91. The van der Waals surface area contributed by atoms with E-state index in [1.165, 1.54) is 5.56 Å². The molecule has 0 bridgehead atoms. The Kier molecular flexibility index (Phi) is 3.09. The van der Waals surface area contributed by atoms with E-state index in [-0.39, 0.29) is 0 Å². The second-order valence-electron chi connectivity index (χ2n) is 5.22. The molecule has 0 aromatic carbocycles. The van der Waals surface area contributed by atoms with Gasteiger partial charge in [-0.3, -0.25) is 0 Å². The van der Waals surface area contributed by atoms with E-state index in [1.807, 2.05) is 32.1 Å². The lowest BCUT2D eigenvalue weighted by molar-refractivity contribution is -0.113. The van der Waals surface area contributed by atoms with Gasteiger partial charge in [0.25, 0.3) is 0 Å². The molecular formula is C14H16ClNO. The fraction of sp³-hybridized carbons (Fsp3) is 0.429. The average molecular weight is 250 g/mol. The van der Waals surface area contributed by atoms with Gasteiger partial charge in [-0.1, -0.05) is 30.2 Å². The Morgan fingerprint density at radius 1 is 1.47 bits per heavy atom. The van der Waals surface area contributed by atoms with Crippen LogP contribution in [0.15, 0.2) is 17.7 Å². The Hall–Kier alpha value is -1.15. The number of aldehydes is 1. The highest BCUT2D eigenvalue weighted by Gasteiger charge is 2.28. The van der Waals surface area contributed by atoms with E-state index in [0.717, 1.165) is 24.0 Å². The fourth-order valence-corrected chi connectivity index (χ4v) is 2.34. The first-order chi connectivity index (χ1) is 7.94. The zero-order valence-corrected chi connectivity index (χ0v) is 11.1. The van der Waals surface area contributed by atoms with E-state index < -0.39 is 5.41 Å². The molecule has 0 spiro atoms. The van der Waals surface area contributed by atoms with Gasteiger partial charge in [-0.05, 0) is 43.9 Å². The molecule has 17 heavy (non-hydrogen) atoms. The summed E-state index contributed by atoms with van der Waals surface area (Å²) in [7, 11) is 0. The molecule has 0 aliphatic heterocycles. The number of hydrogen-bond acceptors (Lipinski definition) is 2. The minimum absolute atomic E-state index is 0.383. The zero-order chi connectivity index (χ0) is 12.6. The third-order valence-corrected chi connectivity index (χ3v) is 3.62. The summed E-state index contributed by atoms with van der Waals surface area (Å²) < 4.78 is 0. The van der Waals surface area contributed by atoms with Gasteiger partial charge >= 0.3 is 0 Å². The topological polar surface area (TPSA) is 30.0 Å². The molecule has 1 aliphatic carbocycles. The molecule has 1 heterocycles. The van der Waals surface area contributed by atoms with Crippen LogP contribution in [0.5, 0.6) is 0 Å². The Bertz CT molecular complexity index is 491. The summed E-state index contributed by atoms with van der Waals surface area (Å²) in [5, 5.41) is 0.498. The summed E-state index contributed by atoms with van der Waals surface area (Å²) in [5.74, 6) is 0.383. The second-order valence-corrected chi connectivity index (χ2v) is 5.61. The van der Waals surface area contributed by atoms with Crippen molar-refractivity contribution in [3.05, 3.63) is 34.1 Å². The quantitative estimate of drug-likeness (QED) is 0.589. The Morgan fingerprint density at radius 2 is 2.18 bits per heavy atom. The predicted octanol–water partition coefficient (Wildman–Crippen LogP) is 3.85. The van der Waals surface area contributed by atoms with Crippen molar-refractivity contribution in [1.82, 2.24) is 4.98 Å². The molecule has 2 nitrogen and oxygen atoms in total. The van der Waals surface area contributed by atoms with E-state index in [1.54, 1.807) is 0 Å². The van der Waals surface area contributed by atoms with Gasteiger partial charge in [-0.25, -0.2) is 4.98 Å². The summed E-state index contributed by atoms with van der Waals surface area (Å²) in [4.78, 5) is 15.5. The maximum absolute atomic E-state index is 11.1. The lowest BCUT2D eigenvalue weighted by Gasteiger charge is -2.29. The third kappa shape index (κ3) is 2.27. The Balaban J connectivity index is 2.52. The van der Waals surface area contributed by atoms with Crippen molar-refractivity contribution in [2.45, 2.75) is 33.1 Å². The molecule has 0 saturated carbocycles. The molecule has 1 aliphatic rings. The molecule has 0 unspecified atom stereocenters. The van der Waals surface area contributed by atoms with E-state index >= 15 is 0 Å². The molecule has 1 aromatic heterocycles. The maximum atomic E-state index is 11.1. The van der Waals surface area contributed by atoms with Crippen LogP contribution in [-0.4, -0.2) is 11.3 Å². The highest BCUT2D eigenvalue weighted by molar-refractivity contribution is 6.29. The molecule has 0 saturated heterocycles. The van der Waals surface area contributed by atoms with Crippen LogP contribution in [0.1, 0.15) is 44.4 Å². The first kappa shape index (κ1) is 12.3. The van der Waals surface area contributed by atoms with Crippen molar-refractivity contribution in [1.29, 1.82) is 0 Å². The third-order valence-electron chi connectivity index (χ3n) is 3.41. The van der Waals surface area contributed by atoms with Gasteiger partial charge in [0.15, 0.2) is 0 Å². The SMILES string of the molecule is C[C@@H]1CC(C(C)(C)C=O)=Cc2nc(Cl)ccc21. The standard InChI is InChI=1S/C14H16ClNO/c1-9-6-10(14(2,3)8-17)7-12-11(9)4-5-13(15)16-12/h4-5,7-9H,6H2,1-3H3/t9-/m1/s1. The van der Waals surface area contributed by atoms with Gasteiger partial charge in [0.2, 0.25) is 0 Å². The van der Waals surface area contributed by atoms with Crippen LogP contribution < -0.4 is 0 Å². The van der Waals surface area contributed by atoms with Crippen LogP contribution in [0.4, 0.5) is 0 Å². The van der Waals surface area contributed by atoms with Gasteiger partial charge < -0.3 is 4.79 Å². The number of allylic oxidation sites excluding steroid dienone is 1. The number of nitrogens with zero attached hydrogens (tertiary/aromatic N) is 1. The molecule has 2 rings (SSSR count). The van der Waals surface area contributed by atoms with Crippen molar-refractivity contribution in [3.8, 4) is 0 Å². The number of aromatic nitrogens is 1. The normalized spacial score (nSPS) is 19.5. The van der Waals surface area contributed by atoms with E-state index in [2.05, 4.69) is 11.9 Å². The van der Waals surface area contributed by atoms with E-state index in [4.69, 9.17) is 11.6 Å². The molecule has 90 valence electrons. The summed E-state index contributed by atoms with van der Waals surface area (Å²) in [6, 6.07) is 3.84. The van der Waals surface area contributed by atoms with Crippen molar-refractivity contribution in [2.24, 2.45) is 5.41 Å². The first-order valence-corrected chi connectivity index (χ1v) is 6.15. The fourth-order valence-electron chi connectivity index (χ4n) is 2.18. The minimum atomic E-state index is -0.421. The number of rotatable bonds is 2. The summed E-state index contributed by atoms with van der Waals surface area (Å²) in [5.41, 5.74) is 2.82. The van der Waals surface area contributed by atoms with Gasteiger partial charge in [0.1, 0.15) is 11.4 Å². The average Bonchev–Trinajstić information content (AvgIpc) is 2.28. The Labute approximate surface area is 107 Å². The molecule has 0 amide bonds. The maximum Gasteiger partial charge on any atom is 0.129 e. The lowest BCUT2D eigenvalue weighted by Crippen LogP contribution is -2.20. The summed E-state index contributed by atoms with van der Waals surface area (Å²) in [6.45, 7) is 6.03. The number of pyridine rings is 1. The van der Waals surface area contributed by atoms with Gasteiger partial charge in [-0.15, -0.1) is 0 Å². The van der Waals surface area contributed by atoms with E-state index in [0.29, 0.717) is 11.1 Å². The number of hydrogen-bond donors (Lipinski definition) is 0. The smallest absolute Gasteiger partial charge is 0.129 e. The van der Waals surface area contributed by atoms with Gasteiger partial charge in [0, 0.05) is 5.41 Å². The highest BCUT2D eigenvalue weighted by Crippen LogP contribution is 2.39. The van der Waals surface area contributed by atoms with E-state index in [9.17, 15) is 4.79 Å². The molecular weight excluding hydrogens is 234 g/mol. The molecule has 0 N–H and O–H groups in total. The first-order valence-electron chi connectivity index (χ1n) is 5.78. The number of carbonyl (C=O) groups excluding carboxylic acids is 1. The zero-order valence-electron chi connectivity index (χ0n) is 10.3. The molecule has 0 fully saturated rings. The van der Waals surface area contributed by atoms with Crippen LogP contribution in [0.3, 0.4) is 0 Å². The van der Waals surface area contributed by atoms with Crippen molar-refractivity contribution >= 4 is 24.0 Å².